The maximum atomic E-state index is 14.0. The molecule has 1 saturated carbocycles. The molecule has 3 aromatic rings. The fourth-order valence-corrected chi connectivity index (χ4v) is 4.94. The molecule has 0 saturated heterocycles. The van der Waals surface area contributed by atoms with Crippen LogP contribution in [0.4, 0.5) is 26.0 Å². The van der Waals surface area contributed by atoms with Gasteiger partial charge in [-0.2, -0.15) is 0 Å². The summed E-state index contributed by atoms with van der Waals surface area (Å²) in [6, 6.07) is 12.6. The number of nitrogens with two attached hydrogens (primary N) is 1. The molecule has 5 rings (SSSR count). The van der Waals surface area contributed by atoms with Crippen LogP contribution in [-0.4, -0.2) is 27.7 Å². The van der Waals surface area contributed by atoms with Gasteiger partial charge in [0.05, 0.1) is 17.9 Å². The zero-order chi connectivity index (χ0) is 24.7. The summed E-state index contributed by atoms with van der Waals surface area (Å²) in [5.74, 6) is -3.81. The van der Waals surface area contributed by atoms with Crippen LogP contribution >= 0.6 is 0 Å². The average molecular weight is 478 g/mol. The Morgan fingerprint density at radius 1 is 1.14 bits per heavy atom. The standard InChI is InChI=1S/C26H25F2N5O2/c1-15-12-26(27,28)9-8-19(15)25(35)33-14-18-3-2-10-30-24(18)32-20-6-4-16(11-22(20)33)17-5-7-21(23(29)34)31-13-17/h2-7,10-11,13,15,19H,8-9,12,14H2,1H3,(H2,29,34)(H,30,32)/t15?,19-/m0/s1. The molecule has 7 nitrogen and oxygen atoms in total. The number of nitrogens with zero attached hydrogens (tertiary/aromatic N) is 3. The molecule has 3 heterocycles. The van der Waals surface area contributed by atoms with E-state index in [1.807, 2.05) is 24.3 Å². The summed E-state index contributed by atoms with van der Waals surface area (Å²) in [7, 11) is 0. The maximum Gasteiger partial charge on any atom is 0.267 e. The SMILES string of the molecule is CC1CC(F)(F)CC[C@@H]1C(=O)N1Cc2cccnc2Nc2ccc(-c3ccc(C(N)=O)nc3)cc21. The van der Waals surface area contributed by atoms with Gasteiger partial charge in [-0.15, -0.1) is 0 Å². The number of fused-ring (bicyclic) bond motifs is 2. The van der Waals surface area contributed by atoms with E-state index in [1.165, 1.54) is 0 Å². The van der Waals surface area contributed by atoms with Gasteiger partial charge in [0.1, 0.15) is 11.5 Å². The summed E-state index contributed by atoms with van der Waals surface area (Å²) >= 11 is 0. The highest BCUT2D eigenvalue weighted by atomic mass is 19.3. The molecule has 2 aromatic heterocycles. The van der Waals surface area contributed by atoms with Gasteiger partial charge in [0.15, 0.2) is 0 Å². The summed E-state index contributed by atoms with van der Waals surface area (Å²) < 4.78 is 28.0. The van der Waals surface area contributed by atoms with E-state index in [9.17, 15) is 18.4 Å². The molecule has 9 heteroatoms. The van der Waals surface area contributed by atoms with Crippen molar-refractivity contribution in [1.29, 1.82) is 0 Å². The van der Waals surface area contributed by atoms with Gasteiger partial charge in [-0.05, 0) is 42.2 Å². The lowest BCUT2D eigenvalue weighted by atomic mass is 9.77. The smallest absolute Gasteiger partial charge is 0.267 e. The predicted octanol–water partition coefficient (Wildman–Crippen LogP) is 4.90. The number of carbonyl (C=O) groups excluding carboxylic acids is 2. The number of hydrogen-bond donors (Lipinski definition) is 2. The van der Waals surface area contributed by atoms with Crippen molar-refractivity contribution in [3.05, 3.63) is 66.1 Å². The van der Waals surface area contributed by atoms with Crippen molar-refractivity contribution < 1.29 is 18.4 Å². The van der Waals surface area contributed by atoms with Gasteiger partial charge in [0, 0.05) is 42.3 Å². The van der Waals surface area contributed by atoms with Crippen LogP contribution in [0.5, 0.6) is 0 Å². The van der Waals surface area contributed by atoms with Crippen molar-refractivity contribution in [2.24, 2.45) is 17.6 Å². The van der Waals surface area contributed by atoms with Crippen molar-refractivity contribution in [2.75, 3.05) is 10.2 Å². The van der Waals surface area contributed by atoms with Crippen molar-refractivity contribution in [3.8, 4) is 11.1 Å². The largest absolute Gasteiger partial charge is 0.364 e. The van der Waals surface area contributed by atoms with Gasteiger partial charge in [-0.25, -0.2) is 13.8 Å². The minimum absolute atomic E-state index is 0.143. The molecule has 35 heavy (non-hydrogen) atoms. The van der Waals surface area contributed by atoms with E-state index in [2.05, 4.69) is 15.3 Å². The van der Waals surface area contributed by atoms with Crippen molar-refractivity contribution in [2.45, 2.75) is 38.7 Å². The van der Waals surface area contributed by atoms with E-state index < -0.39 is 23.7 Å². The molecule has 1 aromatic carbocycles. The first-order valence-corrected chi connectivity index (χ1v) is 11.5. The lowest BCUT2D eigenvalue weighted by molar-refractivity contribution is -0.130. The number of amides is 2. The zero-order valence-corrected chi connectivity index (χ0v) is 19.2. The molecular weight excluding hydrogens is 452 g/mol. The monoisotopic (exact) mass is 477 g/mol. The van der Waals surface area contributed by atoms with Crippen LogP contribution in [0, 0.1) is 11.8 Å². The third kappa shape index (κ3) is 4.45. The van der Waals surface area contributed by atoms with Crippen LogP contribution in [0.1, 0.15) is 42.2 Å². The highest BCUT2D eigenvalue weighted by molar-refractivity contribution is 6.00. The Morgan fingerprint density at radius 3 is 2.66 bits per heavy atom. The molecule has 1 aliphatic carbocycles. The molecule has 0 spiro atoms. The highest BCUT2D eigenvalue weighted by Crippen LogP contribution is 2.43. The molecule has 180 valence electrons. The lowest BCUT2D eigenvalue weighted by Gasteiger charge is -2.36. The van der Waals surface area contributed by atoms with Gasteiger partial charge < -0.3 is 16.0 Å². The number of alkyl halides is 2. The number of hydrogen-bond acceptors (Lipinski definition) is 5. The normalized spacial score (nSPS) is 20.7. The summed E-state index contributed by atoms with van der Waals surface area (Å²) in [6.07, 6.45) is 2.79. The average Bonchev–Trinajstić information content (AvgIpc) is 2.99. The number of carbonyl (C=O) groups is 2. The molecule has 0 bridgehead atoms. The third-order valence-electron chi connectivity index (χ3n) is 6.82. The van der Waals surface area contributed by atoms with E-state index in [0.717, 1.165) is 16.7 Å². The number of benzene rings is 1. The van der Waals surface area contributed by atoms with Crippen LogP contribution in [0.15, 0.2) is 54.9 Å². The molecular formula is C26H25F2N5O2. The minimum atomic E-state index is -2.73. The van der Waals surface area contributed by atoms with Crippen molar-refractivity contribution in [1.82, 2.24) is 9.97 Å². The van der Waals surface area contributed by atoms with Crippen LogP contribution in [0.25, 0.3) is 11.1 Å². The molecule has 2 aliphatic rings. The van der Waals surface area contributed by atoms with Gasteiger partial charge >= 0.3 is 0 Å². The first kappa shape index (κ1) is 22.9. The zero-order valence-electron chi connectivity index (χ0n) is 19.2. The minimum Gasteiger partial charge on any atom is -0.364 e. The Hall–Kier alpha value is -3.88. The Labute approximate surface area is 201 Å². The van der Waals surface area contributed by atoms with Gasteiger partial charge in [-0.1, -0.05) is 25.1 Å². The first-order valence-electron chi connectivity index (χ1n) is 11.5. The fourth-order valence-electron chi connectivity index (χ4n) is 4.94. The summed E-state index contributed by atoms with van der Waals surface area (Å²) in [6.45, 7) is 1.99. The summed E-state index contributed by atoms with van der Waals surface area (Å²) in [4.78, 5) is 35.4. The Bertz CT molecular complexity index is 1300. The number of aromatic nitrogens is 2. The molecule has 1 fully saturated rings. The van der Waals surface area contributed by atoms with Crippen LogP contribution in [0.3, 0.4) is 0 Å². The van der Waals surface area contributed by atoms with Crippen LogP contribution in [0.2, 0.25) is 0 Å². The number of nitrogens with one attached hydrogen (secondary N) is 1. The van der Waals surface area contributed by atoms with Gasteiger partial charge in [0.2, 0.25) is 11.8 Å². The van der Waals surface area contributed by atoms with E-state index in [4.69, 9.17) is 5.73 Å². The molecule has 2 atom stereocenters. The fraction of sp³-hybridized carbons (Fsp3) is 0.308. The maximum absolute atomic E-state index is 14.0. The number of halogens is 2. The second kappa shape index (κ2) is 8.72. The second-order valence-electron chi connectivity index (χ2n) is 9.27. The quantitative estimate of drug-likeness (QED) is 0.559. The Balaban J connectivity index is 1.55. The molecule has 0 radical (unpaired) electrons. The number of pyridine rings is 2. The second-order valence-corrected chi connectivity index (χ2v) is 9.27. The number of rotatable bonds is 3. The highest BCUT2D eigenvalue weighted by Gasteiger charge is 2.44. The number of anilines is 3. The Morgan fingerprint density at radius 2 is 1.94 bits per heavy atom. The van der Waals surface area contributed by atoms with E-state index in [1.54, 1.807) is 42.4 Å². The van der Waals surface area contributed by atoms with E-state index in [0.29, 0.717) is 17.2 Å². The van der Waals surface area contributed by atoms with Gasteiger partial charge in [0.25, 0.3) is 5.91 Å². The molecule has 1 aliphatic heterocycles. The predicted molar refractivity (Wildman–Crippen MR) is 128 cm³/mol. The first-order chi connectivity index (χ1) is 16.7. The van der Waals surface area contributed by atoms with Crippen molar-refractivity contribution in [3.63, 3.8) is 0 Å². The lowest BCUT2D eigenvalue weighted by Crippen LogP contribution is -2.42. The summed E-state index contributed by atoms with van der Waals surface area (Å²) in [5.41, 5.74) is 9.14. The van der Waals surface area contributed by atoms with E-state index >= 15 is 0 Å². The molecule has 1 unspecified atom stereocenters. The summed E-state index contributed by atoms with van der Waals surface area (Å²) in [5, 5.41) is 3.32. The van der Waals surface area contributed by atoms with E-state index in [-0.39, 0.29) is 37.4 Å². The van der Waals surface area contributed by atoms with Crippen LogP contribution < -0.4 is 16.0 Å². The molecule has 2 amide bonds. The van der Waals surface area contributed by atoms with Crippen LogP contribution in [-0.2, 0) is 11.3 Å². The number of primary amides is 1. The van der Waals surface area contributed by atoms with Crippen molar-refractivity contribution >= 4 is 29.0 Å². The third-order valence-corrected chi connectivity index (χ3v) is 6.82. The molecule has 3 N–H and O–H groups in total. The topological polar surface area (TPSA) is 101 Å². The van der Waals surface area contributed by atoms with Gasteiger partial charge in [-0.3, -0.25) is 14.6 Å². The Kier molecular flexibility index (Phi) is 5.70.